The smallest absolute Gasteiger partial charge is 0.227 e. The van der Waals surface area contributed by atoms with Crippen LogP contribution in [0.1, 0.15) is 33.1 Å². The molecule has 1 amide bonds. The summed E-state index contributed by atoms with van der Waals surface area (Å²) in [6, 6.07) is 8.07. The van der Waals surface area contributed by atoms with E-state index in [1.807, 2.05) is 57.1 Å². The lowest BCUT2D eigenvalue weighted by Crippen LogP contribution is -2.21. The van der Waals surface area contributed by atoms with Crippen LogP contribution in [0.4, 0.5) is 11.4 Å². The fourth-order valence-corrected chi connectivity index (χ4v) is 2.00. The van der Waals surface area contributed by atoms with Gasteiger partial charge >= 0.3 is 0 Å². The zero-order valence-electron chi connectivity index (χ0n) is 13.0. The molecule has 2 unspecified atom stereocenters. The molecule has 0 heterocycles. The van der Waals surface area contributed by atoms with Gasteiger partial charge in [-0.15, -0.1) is 0 Å². The van der Waals surface area contributed by atoms with E-state index in [1.165, 1.54) is 0 Å². The molecule has 1 rings (SSSR count). The van der Waals surface area contributed by atoms with Gasteiger partial charge in [-0.05, 0) is 38.0 Å². The second-order valence-electron chi connectivity index (χ2n) is 5.74. The molecule has 0 bridgehead atoms. The van der Waals surface area contributed by atoms with E-state index in [0.717, 1.165) is 30.6 Å². The molecular formula is C16H27N3O. The molecule has 2 atom stereocenters. The van der Waals surface area contributed by atoms with E-state index in [1.54, 1.807) is 0 Å². The molecule has 0 aliphatic heterocycles. The number of hydrogen-bond donors (Lipinski definition) is 2. The van der Waals surface area contributed by atoms with Gasteiger partial charge < -0.3 is 16.0 Å². The molecule has 0 saturated carbocycles. The first-order chi connectivity index (χ1) is 9.40. The molecule has 20 heavy (non-hydrogen) atoms. The Kier molecular flexibility index (Phi) is 6.52. The van der Waals surface area contributed by atoms with Gasteiger partial charge in [-0.2, -0.15) is 0 Å². The molecule has 0 aliphatic carbocycles. The van der Waals surface area contributed by atoms with Crippen LogP contribution in [0.2, 0.25) is 0 Å². The maximum absolute atomic E-state index is 12.1. The topological polar surface area (TPSA) is 58.4 Å². The highest BCUT2D eigenvalue weighted by Gasteiger charge is 2.13. The van der Waals surface area contributed by atoms with Gasteiger partial charge in [0.05, 0.1) is 0 Å². The molecule has 3 N–H and O–H groups in total. The molecule has 0 aromatic heterocycles. The average Bonchev–Trinajstić information content (AvgIpc) is 2.38. The van der Waals surface area contributed by atoms with E-state index >= 15 is 0 Å². The molecule has 0 saturated heterocycles. The molecule has 0 spiro atoms. The van der Waals surface area contributed by atoms with Gasteiger partial charge in [-0.25, -0.2) is 0 Å². The van der Waals surface area contributed by atoms with Crippen molar-refractivity contribution in [3.8, 4) is 0 Å². The van der Waals surface area contributed by atoms with E-state index in [-0.39, 0.29) is 17.9 Å². The van der Waals surface area contributed by atoms with Crippen LogP contribution in [-0.2, 0) is 4.79 Å². The van der Waals surface area contributed by atoms with Crippen molar-refractivity contribution >= 4 is 17.3 Å². The lowest BCUT2D eigenvalue weighted by molar-refractivity contribution is -0.119. The minimum Gasteiger partial charge on any atom is -0.378 e. The fraction of sp³-hybridized carbons (Fsp3) is 0.562. The van der Waals surface area contributed by atoms with Gasteiger partial charge in [-0.1, -0.05) is 19.4 Å². The van der Waals surface area contributed by atoms with E-state index in [4.69, 9.17) is 5.73 Å². The summed E-state index contributed by atoms with van der Waals surface area (Å²) in [6.07, 6.45) is 2.83. The summed E-state index contributed by atoms with van der Waals surface area (Å²) in [4.78, 5) is 14.1. The molecule has 112 valence electrons. The predicted molar refractivity (Wildman–Crippen MR) is 86.1 cm³/mol. The van der Waals surface area contributed by atoms with Crippen molar-refractivity contribution in [1.29, 1.82) is 0 Å². The molecule has 0 radical (unpaired) electrons. The van der Waals surface area contributed by atoms with E-state index in [0.29, 0.717) is 0 Å². The van der Waals surface area contributed by atoms with Crippen LogP contribution >= 0.6 is 0 Å². The minimum absolute atomic E-state index is 0.0109. The number of nitrogens with zero attached hydrogens (tertiary/aromatic N) is 1. The number of benzene rings is 1. The number of rotatable bonds is 7. The first-order valence-electron chi connectivity index (χ1n) is 7.24. The van der Waals surface area contributed by atoms with E-state index in [2.05, 4.69) is 5.32 Å². The monoisotopic (exact) mass is 277 g/mol. The highest BCUT2D eigenvalue weighted by Crippen LogP contribution is 2.19. The first kappa shape index (κ1) is 16.5. The molecule has 1 aromatic carbocycles. The summed E-state index contributed by atoms with van der Waals surface area (Å²) in [5.74, 6) is 0.0855. The third kappa shape index (κ3) is 5.61. The zero-order chi connectivity index (χ0) is 15.1. The van der Waals surface area contributed by atoms with E-state index in [9.17, 15) is 4.79 Å². The van der Waals surface area contributed by atoms with Crippen LogP contribution in [0.3, 0.4) is 0 Å². The second kappa shape index (κ2) is 7.90. The number of carbonyl (C=O) groups excluding carboxylic acids is 1. The Labute approximate surface area is 122 Å². The van der Waals surface area contributed by atoms with Gasteiger partial charge in [-0.3, -0.25) is 4.79 Å². The Morgan fingerprint density at radius 2 is 2.00 bits per heavy atom. The lowest BCUT2D eigenvalue weighted by Gasteiger charge is -2.16. The summed E-state index contributed by atoms with van der Waals surface area (Å²) in [6.45, 7) is 3.96. The van der Waals surface area contributed by atoms with Gasteiger partial charge in [0.1, 0.15) is 0 Å². The Balaban J connectivity index is 2.50. The Bertz CT molecular complexity index is 429. The number of hydrogen-bond acceptors (Lipinski definition) is 3. The van der Waals surface area contributed by atoms with Crippen molar-refractivity contribution in [2.24, 2.45) is 11.7 Å². The van der Waals surface area contributed by atoms with Crippen molar-refractivity contribution in [1.82, 2.24) is 0 Å². The number of nitrogens with one attached hydrogen (secondary N) is 1. The maximum Gasteiger partial charge on any atom is 0.227 e. The third-order valence-corrected chi connectivity index (χ3v) is 3.37. The van der Waals surface area contributed by atoms with Crippen LogP contribution in [-0.4, -0.2) is 26.0 Å². The fourth-order valence-electron chi connectivity index (χ4n) is 2.00. The maximum atomic E-state index is 12.1. The van der Waals surface area contributed by atoms with Crippen molar-refractivity contribution in [3.63, 3.8) is 0 Å². The first-order valence-corrected chi connectivity index (χ1v) is 7.24. The standard InChI is InChI=1S/C16H27N3O/c1-12(7-5-8-13(2)17)16(20)18-14-9-6-10-15(11-14)19(3)4/h6,9-13H,5,7-8,17H2,1-4H3,(H,18,20). The van der Waals surface area contributed by atoms with Crippen LogP contribution in [0.5, 0.6) is 0 Å². The van der Waals surface area contributed by atoms with Crippen LogP contribution in [0.15, 0.2) is 24.3 Å². The zero-order valence-corrected chi connectivity index (χ0v) is 13.0. The largest absolute Gasteiger partial charge is 0.378 e. The highest BCUT2D eigenvalue weighted by atomic mass is 16.1. The van der Waals surface area contributed by atoms with Crippen LogP contribution in [0, 0.1) is 5.92 Å². The summed E-state index contributed by atoms with van der Waals surface area (Å²) in [5, 5.41) is 2.98. The molecule has 1 aromatic rings. The Morgan fingerprint density at radius 1 is 1.30 bits per heavy atom. The molecule has 0 fully saturated rings. The summed E-state index contributed by atoms with van der Waals surface area (Å²) >= 11 is 0. The number of nitrogens with two attached hydrogens (primary N) is 1. The normalized spacial score (nSPS) is 13.7. The SMILES string of the molecule is CC(N)CCCC(C)C(=O)Nc1cccc(N(C)C)c1. The average molecular weight is 277 g/mol. The summed E-state index contributed by atoms with van der Waals surface area (Å²) in [5.41, 5.74) is 7.64. The highest BCUT2D eigenvalue weighted by molar-refractivity contribution is 5.92. The second-order valence-corrected chi connectivity index (χ2v) is 5.74. The van der Waals surface area contributed by atoms with Gasteiger partial charge in [0.15, 0.2) is 0 Å². The lowest BCUT2D eigenvalue weighted by atomic mass is 10.0. The van der Waals surface area contributed by atoms with Crippen LogP contribution in [0.25, 0.3) is 0 Å². The van der Waals surface area contributed by atoms with Crippen molar-refractivity contribution in [2.45, 2.75) is 39.2 Å². The van der Waals surface area contributed by atoms with Crippen molar-refractivity contribution in [2.75, 3.05) is 24.3 Å². The van der Waals surface area contributed by atoms with Gasteiger partial charge in [0, 0.05) is 37.4 Å². The van der Waals surface area contributed by atoms with Crippen molar-refractivity contribution < 1.29 is 4.79 Å². The number of carbonyl (C=O) groups is 1. The van der Waals surface area contributed by atoms with Crippen molar-refractivity contribution in [3.05, 3.63) is 24.3 Å². The summed E-state index contributed by atoms with van der Waals surface area (Å²) < 4.78 is 0. The minimum atomic E-state index is 0.0109. The molecule has 0 aliphatic rings. The molecule has 4 heteroatoms. The predicted octanol–water partition coefficient (Wildman–Crippen LogP) is 2.84. The van der Waals surface area contributed by atoms with Gasteiger partial charge in [0.2, 0.25) is 5.91 Å². The quantitative estimate of drug-likeness (QED) is 0.805. The Morgan fingerprint density at radius 3 is 2.60 bits per heavy atom. The Hall–Kier alpha value is -1.55. The summed E-state index contributed by atoms with van der Waals surface area (Å²) in [7, 11) is 3.97. The van der Waals surface area contributed by atoms with Crippen LogP contribution < -0.4 is 16.0 Å². The third-order valence-electron chi connectivity index (χ3n) is 3.37. The molecule has 4 nitrogen and oxygen atoms in total. The number of anilines is 2. The van der Waals surface area contributed by atoms with E-state index < -0.39 is 0 Å². The van der Waals surface area contributed by atoms with Gasteiger partial charge in [0.25, 0.3) is 0 Å². The molecular weight excluding hydrogens is 250 g/mol. The number of amides is 1.